The van der Waals surface area contributed by atoms with Crippen molar-refractivity contribution in [1.29, 1.82) is 0 Å². The van der Waals surface area contributed by atoms with E-state index in [0.717, 1.165) is 37.2 Å². The number of hydrogen-bond donors (Lipinski definition) is 1. The van der Waals surface area contributed by atoms with Gasteiger partial charge in [0, 0.05) is 13.0 Å². The first-order chi connectivity index (χ1) is 8.66. The Balaban J connectivity index is 1.98. The summed E-state index contributed by atoms with van der Waals surface area (Å²) in [7, 11) is 0. The summed E-state index contributed by atoms with van der Waals surface area (Å²) in [6, 6.07) is 0. The Morgan fingerprint density at radius 3 is 2.89 bits per heavy atom. The Hall–Kier alpha value is -0.900. The maximum Gasteiger partial charge on any atom is 0.133 e. The van der Waals surface area contributed by atoms with Crippen LogP contribution in [0.3, 0.4) is 0 Å². The maximum atomic E-state index is 4.37. The number of aryl methyl sites for hydroxylation is 1. The molecule has 0 amide bonds. The maximum absolute atomic E-state index is 4.37. The molecule has 0 radical (unpaired) electrons. The third-order valence-corrected chi connectivity index (χ3v) is 3.81. The lowest BCUT2D eigenvalue weighted by Gasteiger charge is -2.22. The van der Waals surface area contributed by atoms with Gasteiger partial charge in [0.15, 0.2) is 0 Å². The predicted molar refractivity (Wildman–Crippen MR) is 73.5 cm³/mol. The van der Waals surface area contributed by atoms with Crippen LogP contribution in [-0.4, -0.2) is 27.9 Å². The summed E-state index contributed by atoms with van der Waals surface area (Å²) in [6.45, 7) is 9.97. The smallest absolute Gasteiger partial charge is 0.133 e. The van der Waals surface area contributed by atoms with Crippen molar-refractivity contribution in [2.24, 2.45) is 11.8 Å². The molecular formula is C14H26N4. The molecule has 1 fully saturated rings. The SMILES string of the molecule is Cc1nnc(CC2CCCNC2)n1CCC(C)C. The molecule has 0 aromatic carbocycles. The first-order valence-electron chi connectivity index (χ1n) is 7.26. The lowest BCUT2D eigenvalue weighted by molar-refractivity contribution is 0.363. The first kappa shape index (κ1) is 13.5. The number of nitrogens with zero attached hydrogens (tertiary/aromatic N) is 3. The van der Waals surface area contributed by atoms with E-state index in [0.29, 0.717) is 0 Å². The minimum Gasteiger partial charge on any atom is -0.316 e. The van der Waals surface area contributed by atoms with E-state index in [9.17, 15) is 0 Å². The predicted octanol–water partition coefficient (Wildman–Crippen LogP) is 2.17. The van der Waals surface area contributed by atoms with E-state index in [4.69, 9.17) is 0 Å². The van der Waals surface area contributed by atoms with Crippen LogP contribution < -0.4 is 5.32 Å². The van der Waals surface area contributed by atoms with Gasteiger partial charge in [0.05, 0.1) is 0 Å². The zero-order valence-corrected chi connectivity index (χ0v) is 11.9. The van der Waals surface area contributed by atoms with E-state index in [-0.39, 0.29) is 0 Å². The van der Waals surface area contributed by atoms with Crippen molar-refractivity contribution in [1.82, 2.24) is 20.1 Å². The molecule has 4 nitrogen and oxygen atoms in total. The Kier molecular flexibility index (Phi) is 4.75. The van der Waals surface area contributed by atoms with Crippen LogP contribution in [0.1, 0.15) is 44.8 Å². The molecule has 1 aromatic rings. The van der Waals surface area contributed by atoms with Crippen LogP contribution in [0, 0.1) is 18.8 Å². The number of aromatic nitrogens is 3. The quantitative estimate of drug-likeness (QED) is 0.871. The third kappa shape index (κ3) is 3.55. The van der Waals surface area contributed by atoms with Gasteiger partial charge in [0.2, 0.25) is 0 Å². The van der Waals surface area contributed by atoms with Gasteiger partial charge in [-0.2, -0.15) is 0 Å². The number of piperidine rings is 1. The highest BCUT2D eigenvalue weighted by Crippen LogP contribution is 2.16. The van der Waals surface area contributed by atoms with Crippen molar-refractivity contribution < 1.29 is 0 Å². The second kappa shape index (κ2) is 6.32. The Labute approximate surface area is 110 Å². The minimum absolute atomic E-state index is 0.732. The van der Waals surface area contributed by atoms with Gasteiger partial charge in [-0.1, -0.05) is 13.8 Å². The van der Waals surface area contributed by atoms with E-state index < -0.39 is 0 Å². The normalized spacial score (nSPS) is 20.6. The van der Waals surface area contributed by atoms with Crippen LogP contribution in [0.15, 0.2) is 0 Å². The van der Waals surface area contributed by atoms with Crippen molar-refractivity contribution in [3.63, 3.8) is 0 Å². The molecule has 1 unspecified atom stereocenters. The van der Waals surface area contributed by atoms with E-state index in [2.05, 4.69) is 40.9 Å². The Bertz CT molecular complexity index is 364. The summed E-state index contributed by atoms with van der Waals surface area (Å²) < 4.78 is 2.31. The second-order valence-corrected chi connectivity index (χ2v) is 5.91. The molecule has 0 bridgehead atoms. The highest BCUT2D eigenvalue weighted by molar-refractivity contribution is 4.96. The van der Waals surface area contributed by atoms with Crippen LogP contribution in [-0.2, 0) is 13.0 Å². The second-order valence-electron chi connectivity index (χ2n) is 5.91. The number of nitrogens with one attached hydrogen (secondary N) is 1. The van der Waals surface area contributed by atoms with Gasteiger partial charge in [0.25, 0.3) is 0 Å². The topological polar surface area (TPSA) is 42.7 Å². The number of rotatable bonds is 5. The fourth-order valence-corrected chi connectivity index (χ4v) is 2.61. The molecule has 1 saturated heterocycles. The van der Waals surface area contributed by atoms with Crippen LogP contribution in [0.4, 0.5) is 0 Å². The largest absolute Gasteiger partial charge is 0.316 e. The standard InChI is InChI=1S/C14H26N4/c1-11(2)6-8-18-12(3)16-17-14(18)9-13-5-4-7-15-10-13/h11,13,15H,4-10H2,1-3H3. The molecule has 1 aliphatic rings. The van der Waals surface area contributed by atoms with E-state index in [1.807, 2.05) is 0 Å². The fraction of sp³-hybridized carbons (Fsp3) is 0.857. The molecule has 0 saturated carbocycles. The molecule has 4 heteroatoms. The van der Waals surface area contributed by atoms with Gasteiger partial charge in [0.1, 0.15) is 11.6 Å². The molecule has 2 heterocycles. The van der Waals surface area contributed by atoms with Crippen LogP contribution in [0.2, 0.25) is 0 Å². The first-order valence-corrected chi connectivity index (χ1v) is 7.26. The molecule has 1 N–H and O–H groups in total. The van der Waals surface area contributed by atoms with E-state index in [1.165, 1.54) is 31.6 Å². The molecule has 1 aromatic heterocycles. The highest BCUT2D eigenvalue weighted by atomic mass is 15.3. The van der Waals surface area contributed by atoms with E-state index in [1.54, 1.807) is 0 Å². The summed E-state index contributed by atoms with van der Waals surface area (Å²) in [5.74, 6) is 3.72. The van der Waals surface area contributed by atoms with Crippen molar-refractivity contribution in [2.45, 2.75) is 53.0 Å². The molecule has 0 aliphatic carbocycles. The lowest BCUT2D eigenvalue weighted by atomic mass is 9.96. The van der Waals surface area contributed by atoms with Crippen molar-refractivity contribution >= 4 is 0 Å². The molecule has 1 atom stereocenters. The average Bonchev–Trinajstić information content (AvgIpc) is 2.69. The van der Waals surface area contributed by atoms with Crippen LogP contribution >= 0.6 is 0 Å². The van der Waals surface area contributed by atoms with E-state index >= 15 is 0 Å². The van der Waals surface area contributed by atoms with Gasteiger partial charge in [-0.05, 0) is 51.1 Å². The average molecular weight is 250 g/mol. The van der Waals surface area contributed by atoms with Gasteiger partial charge < -0.3 is 9.88 Å². The summed E-state index contributed by atoms with van der Waals surface area (Å²) in [5, 5.41) is 12.1. The van der Waals surface area contributed by atoms with Crippen LogP contribution in [0.5, 0.6) is 0 Å². The van der Waals surface area contributed by atoms with Gasteiger partial charge in [-0.25, -0.2) is 0 Å². The molecule has 1 aliphatic heterocycles. The summed E-state index contributed by atoms with van der Waals surface area (Å²) in [6.07, 6.45) is 4.90. The third-order valence-electron chi connectivity index (χ3n) is 3.81. The summed E-state index contributed by atoms with van der Waals surface area (Å²) in [4.78, 5) is 0. The summed E-state index contributed by atoms with van der Waals surface area (Å²) >= 11 is 0. The fourth-order valence-electron chi connectivity index (χ4n) is 2.61. The molecule has 2 rings (SSSR count). The van der Waals surface area contributed by atoms with Crippen LogP contribution in [0.25, 0.3) is 0 Å². The Morgan fingerprint density at radius 2 is 2.22 bits per heavy atom. The van der Waals surface area contributed by atoms with Crippen molar-refractivity contribution in [3.05, 3.63) is 11.6 Å². The molecule has 0 spiro atoms. The zero-order chi connectivity index (χ0) is 13.0. The Morgan fingerprint density at radius 1 is 1.39 bits per heavy atom. The summed E-state index contributed by atoms with van der Waals surface area (Å²) in [5.41, 5.74) is 0. The van der Waals surface area contributed by atoms with Crippen molar-refractivity contribution in [2.75, 3.05) is 13.1 Å². The molecular weight excluding hydrogens is 224 g/mol. The minimum atomic E-state index is 0.732. The highest BCUT2D eigenvalue weighted by Gasteiger charge is 2.17. The molecule has 102 valence electrons. The monoisotopic (exact) mass is 250 g/mol. The number of hydrogen-bond acceptors (Lipinski definition) is 3. The lowest BCUT2D eigenvalue weighted by Crippen LogP contribution is -2.31. The zero-order valence-electron chi connectivity index (χ0n) is 11.9. The van der Waals surface area contributed by atoms with Gasteiger partial charge in [-0.3, -0.25) is 0 Å². The van der Waals surface area contributed by atoms with Gasteiger partial charge >= 0.3 is 0 Å². The van der Waals surface area contributed by atoms with Crippen molar-refractivity contribution in [3.8, 4) is 0 Å². The van der Waals surface area contributed by atoms with Gasteiger partial charge in [-0.15, -0.1) is 10.2 Å². The molecule has 18 heavy (non-hydrogen) atoms.